The second kappa shape index (κ2) is 5.94. The van der Waals surface area contributed by atoms with Crippen LogP contribution in [0, 0.1) is 10.1 Å². The number of para-hydroxylation sites is 1. The van der Waals surface area contributed by atoms with Crippen molar-refractivity contribution in [3.05, 3.63) is 64.2 Å². The molecule has 7 nitrogen and oxygen atoms in total. The fourth-order valence-electron chi connectivity index (χ4n) is 1.81. The van der Waals surface area contributed by atoms with E-state index >= 15 is 0 Å². The van der Waals surface area contributed by atoms with Gasteiger partial charge >= 0.3 is 0 Å². The predicted molar refractivity (Wildman–Crippen MR) is 80.6 cm³/mol. The van der Waals surface area contributed by atoms with Crippen molar-refractivity contribution < 1.29 is 18.1 Å². The molecule has 0 aromatic heterocycles. The molecular weight excluding hydrogens is 308 g/mol. The number of sulfone groups is 1. The number of carbonyl (C=O) groups excluding carboxylic acids is 1. The topological polar surface area (TPSA) is 106 Å². The van der Waals surface area contributed by atoms with E-state index in [1.807, 2.05) is 0 Å². The smallest absolute Gasteiger partial charge is 0.282 e. The predicted octanol–water partition coefficient (Wildman–Crippen LogP) is 2.25. The van der Waals surface area contributed by atoms with Crippen LogP contribution in [0.25, 0.3) is 0 Å². The minimum absolute atomic E-state index is 0.0697. The van der Waals surface area contributed by atoms with E-state index < -0.39 is 20.7 Å². The van der Waals surface area contributed by atoms with E-state index in [2.05, 4.69) is 5.32 Å². The second-order valence-electron chi connectivity index (χ2n) is 4.52. The minimum atomic E-state index is -3.32. The van der Waals surface area contributed by atoms with E-state index in [1.165, 1.54) is 48.5 Å². The lowest BCUT2D eigenvalue weighted by Gasteiger charge is -2.06. The third kappa shape index (κ3) is 3.47. The summed E-state index contributed by atoms with van der Waals surface area (Å²) in [6.45, 7) is 0. The molecule has 0 radical (unpaired) electrons. The van der Waals surface area contributed by atoms with Gasteiger partial charge in [0.05, 0.1) is 9.82 Å². The van der Waals surface area contributed by atoms with Crippen LogP contribution in [-0.4, -0.2) is 25.5 Å². The molecule has 0 heterocycles. The summed E-state index contributed by atoms with van der Waals surface area (Å²) in [5, 5.41) is 13.4. The van der Waals surface area contributed by atoms with Gasteiger partial charge in [-0.1, -0.05) is 12.1 Å². The lowest BCUT2D eigenvalue weighted by Crippen LogP contribution is -2.13. The molecule has 0 saturated heterocycles. The van der Waals surface area contributed by atoms with Crippen LogP contribution in [-0.2, 0) is 9.84 Å². The number of amides is 1. The Hall–Kier alpha value is -2.74. The molecule has 2 aromatic carbocycles. The first-order valence-corrected chi connectivity index (χ1v) is 8.03. The van der Waals surface area contributed by atoms with Gasteiger partial charge in [-0.2, -0.15) is 0 Å². The van der Waals surface area contributed by atoms with Gasteiger partial charge in [0.15, 0.2) is 9.84 Å². The Morgan fingerprint density at radius 2 is 1.68 bits per heavy atom. The number of carbonyl (C=O) groups is 1. The number of benzene rings is 2. The summed E-state index contributed by atoms with van der Waals surface area (Å²) in [6, 6.07) is 11.1. The largest absolute Gasteiger partial charge is 0.322 e. The molecule has 0 aliphatic carbocycles. The molecule has 2 aromatic rings. The lowest BCUT2D eigenvalue weighted by atomic mass is 10.1. The third-order valence-electron chi connectivity index (χ3n) is 2.89. The van der Waals surface area contributed by atoms with Crippen LogP contribution in [0.4, 0.5) is 11.4 Å². The summed E-state index contributed by atoms with van der Waals surface area (Å²) < 4.78 is 22.7. The zero-order chi connectivity index (χ0) is 16.3. The number of nitrogens with zero attached hydrogens (tertiary/aromatic N) is 1. The Morgan fingerprint density at radius 1 is 1.09 bits per heavy atom. The van der Waals surface area contributed by atoms with Gasteiger partial charge in [0.1, 0.15) is 5.56 Å². The number of rotatable bonds is 4. The summed E-state index contributed by atoms with van der Waals surface area (Å²) in [7, 11) is -3.32. The van der Waals surface area contributed by atoms with Crippen molar-refractivity contribution in [1.82, 2.24) is 0 Å². The Balaban J connectivity index is 2.25. The minimum Gasteiger partial charge on any atom is -0.322 e. The number of nitro benzene ring substituents is 1. The van der Waals surface area contributed by atoms with Crippen LogP contribution in [0.15, 0.2) is 53.4 Å². The van der Waals surface area contributed by atoms with Gasteiger partial charge < -0.3 is 5.32 Å². The second-order valence-corrected chi connectivity index (χ2v) is 6.54. The van der Waals surface area contributed by atoms with Crippen molar-refractivity contribution in [2.45, 2.75) is 4.90 Å². The maximum Gasteiger partial charge on any atom is 0.282 e. The summed E-state index contributed by atoms with van der Waals surface area (Å²) in [6.07, 6.45) is 1.08. The van der Waals surface area contributed by atoms with Gasteiger partial charge in [-0.25, -0.2) is 8.42 Å². The molecule has 0 aliphatic heterocycles. The molecule has 0 bridgehead atoms. The van der Waals surface area contributed by atoms with E-state index in [0.717, 1.165) is 6.26 Å². The maximum absolute atomic E-state index is 12.1. The van der Waals surface area contributed by atoms with Crippen molar-refractivity contribution >= 4 is 27.1 Å². The van der Waals surface area contributed by atoms with Crippen molar-refractivity contribution in [3.63, 3.8) is 0 Å². The van der Waals surface area contributed by atoms with Crippen LogP contribution in [0.3, 0.4) is 0 Å². The van der Waals surface area contributed by atoms with E-state index in [0.29, 0.717) is 5.69 Å². The first-order chi connectivity index (χ1) is 10.3. The highest BCUT2D eigenvalue weighted by molar-refractivity contribution is 7.90. The molecule has 0 unspecified atom stereocenters. The molecule has 114 valence electrons. The first kappa shape index (κ1) is 15.6. The molecule has 8 heteroatoms. The number of hydrogen-bond acceptors (Lipinski definition) is 5. The number of nitrogens with one attached hydrogen (secondary N) is 1. The molecule has 0 spiro atoms. The van der Waals surface area contributed by atoms with Gasteiger partial charge in [0, 0.05) is 18.0 Å². The van der Waals surface area contributed by atoms with Crippen molar-refractivity contribution in [2.24, 2.45) is 0 Å². The molecule has 0 fully saturated rings. The average molecular weight is 320 g/mol. The lowest BCUT2D eigenvalue weighted by molar-refractivity contribution is -0.385. The summed E-state index contributed by atoms with van der Waals surface area (Å²) in [5.41, 5.74) is -0.0250. The van der Waals surface area contributed by atoms with Crippen LogP contribution in [0.1, 0.15) is 10.4 Å². The maximum atomic E-state index is 12.1. The SMILES string of the molecule is CS(=O)(=O)c1ccc(NC(=O)c2ccccc2[N+](=O)[O-])cc1. The number of hydrogen-bond donors (Lipinski definition) is 1. The van der Waals surface area contributed by atoms with Gasteiger partial charge in [-0.3, -0.25) is 14.9 Å². The highest BCUT2D eigenvalue weighted by atomic mass is 32.2. The normalized spacial score (nSPS) is 11.0. The van der Waals surface area contributed by atoms with Gasteiger partial charge in [0.25, 0.3) is 11.6 Å². The quantitative estimate of drug-likeness (QED) is 0.687. The van der Waals surface area contributed by atoms with Gasteiger partial charge in [-0.05, 0) is 30.3 Å². The fraction of sp³-hybridized carbons (Fsp3) is 0.0714. The van der Waals surface area contributed by atoms with Gasteiger partial charge in [-0.15, -0.1) is 0 Å². The van der Waals surface area contributed by atoms with E-state index in [4.69, 9.17) is 0 Å². The molecule has 1 amide bonds. The first-order valence-electron chi connectivity index (χ1n) is 6.14. The Labute approximate surface area is 126 Å². The molecule has 0 atom stereocenters. The van der Waals surface area contributed by atoms with E-state index in [9.17, 15) is 23.3 Å². The molecule has 22 heavy (non-hydrogen) atoms. The van der Waals surface area contributed by atoms with Crippen molar-refractivity contribution in [1.29, 1.82) is 0 Å². The zero-order valence-corrected chi connectivity index (χ0v) is 12.3. The zero-order valence-electron chi connectivity index (χ0n) is 11.5. The molecule has 0 aliphatic rings. The van der Waals surface area contributed by atoms with E-state index in [1.54, 1.807) is 0 Å². The molecule has 1 N–H and O–H groups in total. The van der Waals surface area contributed by atoms with Crippen molar-refractivity contribution in [2.75, 3.05) is 11.6 Å². The summed E-state index contributed by atoms with van der Waals surface area (Å²) in [5.74, 6) is -0.639. The highest BCUT2D eigenvalue weighted by Gasteiger charge is 2.19. The van der Waals surface area contributed by atoms with Gasteiger partial charge in [0.2, 0.25) is 0 Å². The molecule has 0 saturated carbocycles. The van der Waals surface area contributed by atoms with Crippen molar-refractivity contribution in [3.8, 4) is 0 Å². The Morgan fingerprint density at radius 3 is 2.23 bits per heavy atom. The van der Waals surface area contributed by atoms with Crippen LogP contribution >= 0.6 is 0 Å². The highest BCUT2D eigenvalue weighted by Crippen LogP contribution is 2.20. The van der Waals surface area contributed by atoms with Crippen LogP contribution in [0.2, 0.25) is 0 Å². The monoisotopic (exact) mass is 320 g/mol. The molecular formula is C14H12N2O5S. The Bertz CT molecular complexity index is 829. The summed E-state index contributed by atoms with van der Waals surface area (Å²) in [4.78, 5) is 22.5. The summed E-state index contributed by atoms with van der Waals surface area (Å²) >= 11 is 0. The standard InChI is InChI=1S/C14H12N2O5S/c1-22(20,21)11-8-6-10(7-9-11)15-14(17)12-4-2-3-5-13(12)16(18)19/h2-9H,1H3,(H,15,17). The van der Waals surface area contributed by atoms with E-state index in [-0.39, 0.29) is 16.1 Å². The third-order valence-corrected chi connectivity index (χ3v) is 4.01. The molecule has 2 rings (SSSR count). The average Bonchev–Trinajstić information content (AvgIpc) is 2.46. The Kier molecular flexibility index (Phi) is 4.22. The fourth-order valence-corrected chi connectivity index (χ4v) is 2.44. The van der Waals surface area contributed by atoms with Crippen LogP contribution in [0.5, 0.6) is 0 Å². The van der Waals surface area contributed by atoms with Crippen LogP contribution < -0.4 is 5.32 Å². The number of anilines is 1. The number of nitro groups is 1.